The highest BCUT2D eigenvalue weighted by atomic mass is 32.2. The van der Waals surface area contributed by atoms with Crippen LogP contribution in [0.15, 0.2) is 41.7 Å². The van der Waals surface area contributed by atoms with E-state index in [4.69, 9.17) is 5.73 Å². The number of anilines is 1. The van der Waals surface area contributed by atoms with Gasteiger partial charge in [0.05, 0.1) is 5.75 Å². The summed E-state index contributed by atoms with van der Waals surface area (Å²) < 4.78 is 12.7. The molecule has 2 rings (SSSR count). The van der Waals surface area contributed by atoms with Gasteiger partial charge in [0.25, 0.3) is 0 Å². The minimum atomic E-state index is -0.263. The fraction of sp³-hybridized carbons (Fsp3) is 0.214. The van der Waals surface area contributed by atoms with Gasteiger partial charge in [-0.15, -0.1) is 0 Å². The average molecular weight is 306 g/mol. The molecule has 2 aromatic rings. The standard InChI is InChI=1S/C14H15FN4OS/c15-11-3-1-10(2-4-11)5-6-17-12(20)9-21-14-13(16)18-7-8-19-14/h1-4,7-8H,5-6,9H2,(H2,16,18)(H,17,20). The first-order chi connectivity index (χ1) is 10.1. The van der Waals surface area contributed by atoms with E-state index in [0.29, 0.717) is 23.8 Å². The summed E-state index contributed by atoms with van der Waals surface area (Å²) in [6, 6.07) is 6.22. The van der Waals surface area contributed by atoms with Crippen molar-refractivity contribution in [1.82, 2.24) is 15.3 Å². The average Bonchev–Trinajstić information content (AvgIpc) is 2.48. The smallest absolute Gasteiger partial charge is 0.230 e. The Balaban J connectivity index is 1.70. The third kappa shape index (κ3) is 5.03. The fourth-order valence-electron chi connectivity index (χ4n) is 1.63. The number of benzene rings is 1. The molecule has 0 unspecified atom stereocenters. The molecule has 1 aromatic carbocycles. The summed E-state index contributed by atoms with van der Waals surface area (Å²) in [5.74, 6) is 0.182. The Morgan fingerprint density at radius 2 is 1.95 bits per heavy atom. The topological polar surface area (TPSA) is 80.9 Å². The van der Waals surface area contributed by atoms with E-state index in [1.807, 2.05) is 0 Å². The van der Waals surface area contributed by atoms with Gasteiger partial charge in [0.15, 0.2) is 5.82 Å². The summed E-state index contributed by atoms with van der Waals surface area (Å²) in [5.41, 5.74) is 6.61. The number of amides is 1. The van der Waals surface area contributed by atoms with Crippen molar-refractivity contribution in [3.8, 4) is 0 Å². The summed E-state index contributed by atoms with van der Waals surface area (Å²) in [6.45, 7) is 0.501. The van der Waals surface area contributed by atoms with E-state index in [0.717, 1.165) is 5.56 Å². The van der Waals surface area contributed by atoms with E-state index in [-0.39, 0.29) is 17.5 Å². The molecule has 0 saturated carbocycles. The minimum Gasteiger partial charge on any atom is -0.381 e. The number of hydrogen-bond acceptors (Lipinski definition) is 5. The number of halogens is 1. The first-order valence-electron chi connectivity index (χ1n) is 6.35. The molecule has 5 nitrogen and oxygen atoms in total. The maximum atomic E-state index is 12.7. The van der Waals surface area contributed by atoms with Crippen LogP contribution in [-0.2, 0) is 11.2 Å². The van der Waals surface area contributed by atoms with Crippen molar-refractivity contribution < 1.29 is 9.18 Å². The van der Waals surface area contributed by atoms with Crippen LogP contribution in [0, 0.1) is 5.82 Å². The van der Waals surface area contributed by atoms with Crippen LogP contribution >= 0.6 is 11.8 Å². The largest absolute Gasteiger partial charge is 0.381 e. The summed E-state index contributed by atoms with van der Waals surface area (Å²) in [7, 11) is 0. The van der Waals surface area contributed by atoms with Crippen molar-refractivity contribution in [3.05, 3.63) is 48.0 Å². The zero-order valence-electron chi connectivity index (χ0n) is 11.3. The molecule has 0 aliphatic carbocycles. The number of nitrogen functional groups attached to an aromatic ring is 1. The maximum absolute atomic E-state index is 12.7. The van der Waals surface area contributed by atoms with Gasteiger partial charge < -0.3 is 11.1 Å². The lowest BCUT2D eigenvalue weighted by Gasteiger charge is -2.06. The summed E-state index contributed by atoms with van der Waals surface area (Å²) in [6.07, 6.45) is 3.69. The van der Waals surface area contributed by atoms with Gasteiger partial charge in [-0.1, -0.05) is 23.9 Å². The van der Waals surface area contributed by atoms with Crippen LogP contribution in [0.2, 0.25) is 0 Å². The van der Waals surface area contributed by atoms with Gasteiger partial charge in [-0.25, -0.2) is 14.4 Å². The molecule has 7 heteroatoms. The number of carbonyl (C=O) groups excluding carboxylic acids is 1. The second-order valence-corrected chi connectivity index (χ2v) is 5.23. The number of nitrogens with one attached hydrogen (secondary N) is 1. The highest BCUT2D eigenvalue weighted by Crippen LogP contribution is 2.18. The summed E-state index contributed by atoms with van der Waals surface area (Å²) in [5, 5.41) is 3.34. The molecule has 0 aliphatic rings. The number of thioether (sulfide) groups is 1. The zero-order chi connectivity index (χ0) is 15.1. The van der Waals surface area contributed by atoms with Crippen molar-refractivity contribution >= 4 is 23.5 Å². The van der Waals surface area contributed by atoms with Crippen LogP contribution in [0.5, 0.6) is 0 Å². The van der Waals surface area contributed by atoms with Crippen LogP contribution in [0.4, 0.5) is 10.2 Å². The molecule has 21 heavy (non-hydrogen) atoms. The number of rotatable bonds is 6. The predicted molar refractivity (Wildman–Crippen MR) is 80.3 cm³/mol. The SMILES string of the molecule is Nc1nccnc1SCC(=O)NCCc1ccc(F)cc1. The van der Waals surface area contributed by atoms with Crippen molar-refractivity contribution in [3.63, 3.8) is 0 Å². The van der Waals surface area contributed by atoms with Crippen molar-refractivity contribution in [2.45, 2.75) is 11.4 Å². The van der Waals surface area contributed by atoms with Gasteiger partial charge in [-0.3, -0.25) is 4.79 Å². The normalized spacial score (nSPS) is 10.3. The predicted octanol–water partition coefficient (Wildman–Crippen LogP) is 1.65. The lowest BCUT2D eigenvalue weighted by molar-refractivity contribution is -0.118. The van der Waals surface area contributed by atoms with Crippen molar-refractivity contribution in [1.29, 1.82) is 0 Å². The zero-order valence-corrected chi connectivity index (χ0v) is 12.1. The Morgan fingerprint density at radius 1 is 1.24 bits per heavy atom. The molecule has 0 fully saturated rings. The third-order valence-electron chi connectivity index (χ3n) is 2.68. The molecule has 0 atom stereocenters. The van der Waals surface area contributed by atoms with Gasteiger partial charge in [-0.05, 0) is 24.1 Å². The molecule has 1 aromatic heterocycles. The number of carbonyl (C=O) groups is 1. The van der Waals surface area contributed by atoms with Crippen molar-refractivity contribution in [2.75, 3.05) is 18.0 Å². The Morgan fingerprint density at radius 3 is 2.67 bits per heavy atom. The molecule has 1 heterocycles. The van der Waals surface area contributed by atoms with Gasteiger partial charge in [-0.2, -0.15) is 0 Å². The van der Waals surface area contributed by atoms with Gasteiger partial charge in [0, 0.05) is 18.9 Å². The summed E-state index contributed by atoms with van der Waals surface area (Å²) in [4.78, 5) is 19.6. The molecular weight excluding hydrogens is 291 g/mol. The van der Waals surface area contributed by atoms with E-state index in [2.05, 4.69) is 15.3 Å². The van der Waals surface area contributed by atoms with Gasteiger partial charge >= 0.3 is 0 Å². The quantitative estimate of drug-likeness (QED) is 0.793. The molecule has 0 saturated heterocycles. The van der Waals surface area contributed by atoms with Crippen LogP contribution in [-0.4, -0.2) is 28.2 Å². The molecule has 3 N–H and O–H groups in total. The molecular formula is C14H15FN4OS. The van der Waals surface area contributed by atoms with E-state index >= 15 is 0 Å². The first-order valence-corrected chi connectivity index (χ1v) is 7.34. The van der Waals surface area contributed by atoms with Crippen LogP contribution in [0.25, 0.3) is 0 Å². The Kier molecular flexibility index (Phi) is 5.51. The number of nitrogens with zero attached hydrogens (tertiary/aromatic N) is 2. The molecule has 0 bridgehead atoms. The van der Waals surface area contributed by atoms with E-state index in [9.17, 15) is 9.18 Å². The molecule has 1 amide bonds. The van der Waals surface area contributed by atoms with Crippen LogP contribution in [0.3, 0.4) is 0 Å². The number of hydrogen-bond donors (Lipinski definition) is 2. The molecule has 0 spiro atoms. The molecule has 110 valence electrons. The second-order valence-electron chi connectivity index (χ2n) is 4.26. The highest BCUT2D eigenvalue weighted by molar-refractivity contribution is 8.00. The highest BCUT2D eigenvalue weighted by Gasteiger charge is 2.06. The van der Waals surface area contributed by atoms with Crippen LogP contribution < -0.4 is 11.1 Å². The number of nitrogens with two attached hydrogens (primary N) is 1. The molecule has 0 aliphatic heterocycles. The third-order valence-corrected chi connectivity index (χ3v) is 3.67. The van der Waals surface area contributed by atoms with Crippen molar-refractivity contribution in [2.24, 2.45) is 0 Å². The Bertz CT molecular complexity index is 606. The van der Waals surface area contributed by atoms with E-state index in [1.54, 1.807) is 12.1 Å². The Labute approximate surface area is 126 Å². The second kappa shape index (κ2) is 7.58. The maximum Gasteiger partial charge on any atom is 0.230 e. The molecule has 0 radical (unpaired) electrons. The minimum absolute atomic E-state index is 0.104. The monoisotopic (exact) mass is 306 g/mol. The first kappa shape index (κ1) is 15.2. The van der Waals surface area contributed by atoms with Gasteiger partial charge in [0.2, 0.25) is 5.91 Å². The number of aromatic nitrogens is 2. The lowest BCUT2D eigenvalue weighted by Crippen LogP contribution is -2.27. The van der Waals surface area contributed by atoms with Gasteiger partial charge in [0.1, 0.15) is 10.8 Å². The van der Waals surface area contributed by atoms with E-state index < -0.39 is 0 Å². The van der Waals surface area contributed by atoms with E-state index in [1.165, 1.54) is 36.3 Å². The van der Waals surface area contributed by atoms with Crippen LogP contribution in [0.1, 0.15) is 5.56 Å². The Hall–Kier alpha value is -2.15. The summed E-state index contributed by atoms with van der Waals surface area (Å²) >= 11 is 1.24. The lowest BCUT2D eigenvalue weighted by atomic mass is 10.1. The fourth-order valence-corrected chi connectivity index (χ4v) is 2.34.